The van der Waals surface area contributed by atoms with Gasteiger partial charge in [-0.1, -0.05) is 6.07 Å². The number of nitrogens with one attached hydrogen (secondary N) is 1. The molecule has 0 saturated heterocycles. The van der Waals surface area contributed by atoms with Gasteiger partial charge in [0.1, 0.15) is 0 Å². The van der Waals surface area contributed by atoms with E-state index < -0.39 is 0 Å². The Bertz CT molecular complexity index is 421. The number of benzene rings is 1. The lowest BCUT2D eigenvalue weighted by Crippen LogP contribution is -2.39. The number of nitrogens with two attached hydrogens (primary N) is 1. The highest BCUT2D eigenvalue weighted by molar-refractivity contribution is 5.79. The van der Waals surface area contributed by atoms with Crippen LogP contribution in [0.2, 0.25) is 0 Å². The smallest absolute Gasteiger partial charge is 0.234 e. The Morgan fingerprint density at radius 1 is 1.22 bits per heavy atom. The van der Waals surface area contributed by atoms with Gasteiger partial charge < -0.3 is 15.2 Å². The van der Waals surface area contributed by atoms with Crippen molar-refractivity contribution in [1.29, 1.82) is 0 Å². The van der Waals surface area contributed by atoms with E-state index in [1.807, 2.05) is 25.1 Å². The zero-order valence-electron chi connectivity index (χ0n) is 11.2. The summed E-state index contributed by atoms with van der Waals surface area (Å²) in [7, 11) is 3.18. The van der Waals surface area contributed by atoms with Crippen LogP contribution in [0.4, 0.5) is 0 Å². The Hall–Kier alpha value is -1.75. The first-order valence-corrected chi connectivity index (χ1v) is 5.76. The van der Waals surface area contributed by atoms with Crippen molar-refractivity contribution in [3.63, 3.8) is 0 Å². The molecule has 1 amide bonds. The zero-order valence-corrected chi connectivity index (χ0v) is 11.2. The number of amides is 1. The lowest BCUT2D eigenvalue weighted by atomic mass is 10.1. The summed E-state index contributed by atoms with van der Waals surface area (Å²) in [5, 5.41) is 3.11. The number of ether oxygens (including phenoxy) is 2. The van der Waals surface area contributed by atoms with E-state index in [1.54, 1.807) is 21.1 Å². The fourth-order valence-corrected chi connectivity index (χ4v) is 1.68. The number of rotatable bonds is 6. The molecule has 3 N–H and O–H groups in total. The molecule has 0 aliphatic carbocycles. The van der Waals surface area contributed by atoms with Gasteiger partial charge in [-0.05, 0) is 31.5 Å². The van der Waals surface area contributed by atoms with Gasteiger partial charge in [0.05, 0.1) is 20.3 Å². The maximum absolute atomic E-state index is 11.0. The number of hydrogen-bond donors (Lipinski definition) is 2. The molecule has 0 spiro atoms. The molecule has 0 aromatic heterocycles. The Kier molecular flexibility index (Phi) is 4.97. The van der Waals surface area contributed by atoms with Crippen LogP contribution in [0.5, 0.6) is 11.5 Å². The van der Waals surface area contributed by atoms with E-state index in [9.17, 15) is 4.79 Å². The molecule has 0 saturated carbocycles. The summed E-state index contributed by atoms with van der Waals surface area (Å²) in [6, 6.07) is 5.25. The third-order valence-electron chi connectivity index (χ3n) is 2.83. The quantitative estimate of drug-likeness (QED) is 0.798. The molecule has 100 valence electrons. The summed E-state index contributed by atoms with van der Waals surface area (Å²) in [6.07, 6.45) is 0. The molecule has 0 radical (unpaired) electrons. The number of carbonyl (C=O) groups excluding carboxylic acids is 1. The van der Waals surface area contributed by atoms with Crippen LogP contribution in [-0.2, 0) is 4.79 Å². The molecule has 5 heteroatoms. The fourth-order valence-electron chi connectivity index (χ4n) is 1.68. The fraction of sp³-hybridized carbons (Fsp3) is 0.462. The first-order valence-electron chi connectivity index (χ1n) is 5.76. The Morgan fingerprint density at radius 3 is 2.33 bits per heavy atom. The van der Waals surface area contributed by atoms with Crippen molar-refractivity contribution >= 4 is 5.91 Å². The van der Waals surface area contributed by atoms with Crippen molar-refractivity contribution < 1.29 is 14.3 Å². The van der Waals surface area contributed by atoms with E-state index in [1.165, 1.54) is 0 Å². The van der Waals surface area contributed by atoms with E-state index in [2.05, 4.69) is 5.32 Å². The van der Waals surface area contributed by atoms with Gasteiger partial charge in [-0.15, -0.1) is 0 Å². The van der Waals surface area contributed by atoms with Crippen LogP contribution in [0.15, 0.2) is 18.2 Å². The van der Waals surface area contributed by atoms with Crippen molar-refractivity contribution in [3.8, 4) is 11.5 Å². The molecule has 0 heterocycles. The minimum atomic E-state index is -0.381. The summed E-state index contributed by atoms with van der Waals surface area (Å²) in [4.78, 5) is 11.0. The van der Waals surface area contributed by atoms with E-state index in [-0.39, 0.29) is 18.0 Å². The molecule has 2 atom stereocenters. The Balaban J connectivity index is 2.86. The molecule has 5 nitrogen and oxygen atoms in total. The highest BCUT2D eigenvalue weighted by atomic mass is 16.5. The average Bonchev–Trinajstić information content (AvgIpc) is 2.37. The molecule has 1 aromatic carbocycles. The molecule has 0 bridgehead atoms. The average molecular weight is 252 g/mol. The van der Waals surface area contributed by atoms with Gasteiger partial charge in [0, 0.05) is 6.04 Å². The summed E-state index contributed by atoms with van der Waals surface area (Å²) in [6.45, 7) is 3.69. The molecule has 0 aliphatic rings. The Morgan fingerprint density at radius 2 is 1.83 bits per heavy atom. The molecule has 1 aromatic rings. The van der Waals surface area contributed by atoms with Gasteiger partial charge in [0.25, 0.3) is 0 Å². The molecule has 2 unspecified atom stereocenters. The first kappa shape index (κ1) is 14.3. The number of carbonyl (C=O) groups is 1. The maximum atomic E-state index is 11.0. The van der Waals surface area contributed by atoms with Crippen molar-refractivity contribution in [1.82, 2.24) is 5.32 Å². The second-order valence-corrected chi connectivity index (χ2v) is 4.13. The number of hydrogen-bond acceptors (Lipinski definition) is 4. The lowest BCUT2D eigenvalue weighted by molar-refractivity contribution is -0.119. The van der Waals surface area contributed by atoms with Crippen LogP contribution in [0, 0.1) is 0 Å². The predicted molar refractivity (Wildman–Crippen MR) is 69.8 cm³/mol. The van der Waals surface area contributed by atoms with Crippen molar-refractivity contribution in [2.45, 2.75) is 25.9 Å². The van der Waals surface area contributed by atoms with E-state index >= 15 is 0 Å². The molecule has 0 aliphatic heterocycles. The van der Waals surface area contributed by atoms with E-state index in [4.69, 9.17) is 15.2 Å². The van der Waals surface area contributed by atoms with Crippen molar-refractivity contribution in [3.05, 3.63) is 23.8 Å². The molecule has 0 fully saturated rings. The topological polar surface area (TPSA) is 73.6 Å². The van der Waals surface area contributed by atoms with Crippen LogP contribution in [0.3, 0.4) is 0 Å². The minimum Gasteiger partial charge on any atom is -0.493 e. The van der Waals surface area contributed by atoms with Crippen LogP contribution in [0.1, 0.15) is 25.5 Å². The SMILES string of the molecule is COc1ccc(C(C)NC(C)C(N)=O)cc1OC. The van der Waals surface area contributed by atoms with Crippen LogP contribution in [-0.4, -0.2) is 26.2 Å². The maximum Gasteiger partial charge on any atom is 0.234 e. The van der Waals surface area contributed by atoms with Crippen LogP contribution >= 0.6 is 0 Å². The summed E-state index contributed by atoms with van der Waals surface area (Å²) in [5.41, 5.74) is 6.22. The monoisotopic (exact) mass is 252 g/mol. The summed E-state index contributed by atoms with van der Waals surface area (Å²) in [5.74, 6) is 0.967. The standard InChI is InChI=1S/C13H20N2O3/c1-8(15-9(2)13(14)16)10-5-6-11(17-3)12(7-10)18-4/h5-9,15H,1-4H3,(H2,14,16). The molecular formula is C13H20N2O3. The van der Waals surface area contributed by atoms with Gasteiger partial charge in [0.2, 0.25) is 5.91 Å². The highest BCUT2D eigenvalue weighted by Crippen LogP contribution is 2.29. The largest absolute Gasteiger partial charge is 0.493 e. The first-order chi connectivity index (χ1) is 8.49. The van der Waals surface area contributed by atoms with Crippen molar-refractivity contribution in [2.75, 3.05) is 14.2 Å². The minimum absolute atomic E-state index is 0.00712. The zero-order chi connectivity index (χ0) is 13.7. The Labute approximate surface area is 107 Å². The summed E-state index contributed by atoms with van der Waals surface area (Å²) >= 11 is 0. The molecule has 18 heavy (non-hydrogen) atoms. The van der Waals surface area contributed by atoms with Gasteiger partial charge >= 0.3 is 0 Å². The third-order valence-corrected chi connectivity index (χ3v) is 2.83. The number of primary amides is 1. The van der Waals surface area contributed by atoms with Gasteiger partial charge in [-0.2, -0.15) is 0 Å². The predicted octanol–water partition coefficient (Wildman–Crippen LogP) is 1.23. The second kappa shape index (κ2) is 6.26. The van der Waals surface area contributed by atoms with Gasteiger partial charge in [-0.25, -0.2) is 0 Å². The van der Waals surface area contributed by atoms with E-state index in [0.29, 0.717) is 11.5 Å². The summed E-state index contributed by atoms with van der Waals surface area (Å²) < 4.78 is 10.4. The van der Waals surface area contributed by atoms with Crippen LogP contribution < -0.4 is 20.5 Å². The molecular weight excluding hydrogens is 232 g/mol. The van der Waals surface area contributed by atoms with Crippen molar-refractivity contribution in [2.24, 2.45) is 5.73 Å². The lowest BCUT2D eigenvalue weighted by Gasteiger charge is -2.19. The van der Waals surface area contributed by atoms with Gasteiger partial charge in [0.15, 0.2) is 11.5 Å². The van der Waals surface area contributed by atoms with E-state index in [0.717, 1.165) is 5.56 Å². The number of methoxy groups -OCH3 is 2. The van der Waals surface area contributed by atoms with Gasteiger partial charge in [-0.3, -0.25) is 10.1 Å². The third kappa shape index (κ3) is 3.37. The highest BCUT2D eigenvalue weighted by Gasteiger charge is 2.15. The molecule has 1 rings (SSSR count). The second-order valence-electron chi connectivity index (χ2n) is 4.13. The van der Waals surface area contributed by atoms with Crippen LogP contribution in [0.25, 0.3) is 0 Å². The normalized spacial score (nSPS) is 13.8.